The third-order valence-electron chi connectivity index (χ3n) is 2.72. The van der Waals surface area contributed by atoms with Crippen LogP contribution in [-0.2, 0) is 16.6 Å². The summed E-state index contributed by atoms with van der Waals surface area (Å²) in [4.78, 5) is 5.92. The molecule has 1 aromatic carbocycles. The van der Waals surface area contributed by atoms with Crippen molar-refractivity contribution >= 4 is 38.6 Å². The number of nitrogens with zero attached hydrogens (tertiary/aromatic N) is 2. The van der Waals surface area contributed by atoms with Crippen molar-refractivity contribution in [2.45, 2.75) is 17.7 Å². The Labute approximate surface area is 133 Å². The van der Waals surface area contributed by atoms with Crippen molar-refractivity contribution in [2.24, 2.45) is 0 Å². The molecule has 1 aromatic heterocycles. The van der Waals surface area contributed by atoms with Gasteiger partial charge in [-0.2, -0.15) is 0 Å². The largest absolute Gasteiger partial charge is 0.305 e. The van der Waals surface area contributed by atoms with Gasteiger partial charge in [0.05, 0.1) is 11.4 Å². The van der Waals surface area contributed by atoms with Crippen LogP contribution in [0, 0.1) is 6.92 Å². The molecule has 0 aliphatic rings. The zero-order chi connectivity index (χ0) is 15.6. The van der Waals surface area contributed by atoms with E-state index in [0.717, 1.165) is 16.9 Å². The third-order valence-corrected chi connectivity index (χ3v) is 5.96. The molecule has 21 heavy (non-hydrogen) atoms. The predicted octanol–water partition coefficient (Wildman–Crippen LogP) is 2.97. The van der Waals surface area contributed by atoms with Crippen LogP contribution in [0.4, 0.5) is 5.69 Å². The Morgan fingerprint density at radius 3 is 2.57 bits per heavy atom. The molecular formula is C13H16ClN3O2S2. The monoisotopic (exact) mass is 345 g/mol. The molecule has 8 heteroatoms. The maximum atomic E-state index is 12.5. The summed E-state index contributed by atoms with van der Waals surface area (Å²) in [6.07, 6.45) is 0. The normalized spacial score (nSPS) is 11.9. The Bertz CT molecular complexity index is 742. The number of nitrogens with one attached hydrogen (secondary N) is 1. The fourth-order valence-electron chi connectivity index (χ4n) is 1.89. The summed E-state index contributed by atoms with van der Waals surface area (Å²) in [6.45, 7) is 2.27. The van der Waals surface area contributed by atoms with Crippen LogP contribution in [-0.4, -0.2) is 32.4 Å². The van der Waals surface area contributed by atoms with Gasteiger partial charge in [0.25, 0.3) is 10.0 Å². The second kappa shape index (κ2) is 6.31. The standard InChI is InChI=1S/C13H16ClN3O2S2/c1-9-12(20-13(14)15-9)21(18,19)16-11-7-5-4-6-10(11)8-17(2)3/h4-7,16H,8H2,1-3H3. The van der Waals surface area contributed by atoms with Gasteiger partial charge in [-0.05, 0) is 32.6 Å². The summed E-state index contributed by atoms with van der Waals surface area (Å²) >= 11 is 6.74. The van der Waals surface area contributed by atoms with Crippen LogP contribution in [0.25, 0.3) is 0 Å². The van der Waals surface area contributed by atoms with Gasteiger partial charge < -0.3 is 4.90 Å². The maximum absolute atomic E-state index is 12.5. The van der Waals surface area contributed by atoms with E-state index in [1.165, 1.54) is 0 Å². The molecule has 0 aliphatic heterocycles. The lowest BCUT2D eigenvalue weighted by Crippen LogP contribution is -2.17. The smallest absolute Gasteiger partial charge is 0.273 e. The van der Waals surface area contributed by atoms with Gasteiger partial charge in [-0.25, -0.2) is 13.4 Å². The fourth-order valence-corrected chi connectivity index (χ4v) is 4.73. The molecule has 0 radical (unpaired) electrons. The SMILES string of the molecule is Cc1nc(Cl)sc1S(=O)(=O)Nc1ccccc1CN(C)C. The number of thiazole rings is 1. The molecule has 0 saturated heterocycles. The predicted molar refractivity (Wildman–Crippen MR) is 86.5 cm³/mol. The van der Waals surface area contributed by atoms with Gasteiger partial charge in [-0.3, -0.25) is 4.72 Å². The summed E-state index contributed by atoms with van der Waals surface area (Å²) < 4.78 is 27.9. The number of hydrogen-bond acceptors (Lipinski definition) is 5. The van der Waals surface area contributed by atoms with E-state index in [-0.39, 0.29) is 8.68 Å². The number of anilines is 1. The van der Waals surface area contributed by atoms with Crippen molar-refractivity contribution in [3.8, 4) is 0 Å². The molecule has 0 unspecified atom stereocenters. The first-order valence-corrected chi connectivity index (χ1v) is 8.86. The number of hydrogen-bond donors (Lipinski definition) is 1. The van der Waals surface area contributed by atoms with E-state index in [9.17, 15) is 8.42 Å². The van der Waals surface area contributed by atoms with Gasteiger partial charge in [0.2, 0.25) is 0 Å². The van der Waals surface area contributed by atoms with E-state index < -0.39 is 10.0 Å². The van der Waals surface area contributed by atoms with Crippen LogP contribution in [0.1, 0.15) is 11.3 Å². The molecule has 0 bridgehead atoms. The van der Waals surface area contributed by atoms with E-state index in [1.54, 1.807) is 19.1 Å². The number of benzene rings is 1. The third kappa shape index (κ3) is 3.94. The van der Waals surface area contributed by atoms with Gasteiger partial charge >= 0.3 is 0 Å². The van der Waals surface area contributed by atoms with E-state index in [0.29, 0.717) is 17.9 Å². The van der Waals surface area contributed by atoms with Crippen molar-refractivity contribution < 1.29 is 8.42 Å². The number of aryl methyl sites for hydroxylation is 1. The summed E-state index contributed by atoms with van der Waals surface area (Å²) in [6, 6.07) is 7.31. The number of aromatic nitrogens is 1. The highest BCUT2D eigenvalue weighted by Crippen LogP contribution is 2.29. The minimum absolute atomic E-state index is 0.146. The van der Waals surface area contributed by atoms with E-state index in [1.807, 2.05) is 31.1 Å². The highest BCUT2D eigenvalue weighted by Gasteiger charge is 2.22. The summed E-state index contributed by atoms with van der Waals surface area (Å²) in [5.41, 5.74) is 1.87. The van der Waals surface area contributed by atoms with Crippen molar-refractivity contribution in [3.05, 3.63) is 40.0 Å². The zero-order valence-corrected chi connectivity index (χ0v) is 14.3. The molecule has 1 N–H and O–H groups in total. The fraction of sp³-hybridized carbons (Fsp3) is 0.308. The molecule has 0 fully saturated rings. The van der Waals surface area contributed by atoms with Gasteiger partial charge in [0.15, 0.2) is 8.68 Å². The van der Waals surface area contributed by atoms with Gasteiger partial charge in [0, 0.05) is 6.54 Å². The van der Waals surface area contributed by atoms with E-state index in [2.05, 4.69) is 9.71 Å². The van der Waals surface area contributed by atoms with Crippen LogP contribution in [0.3, 0.4) is 0 Å². The summed E-state index contributed by atoms with van der Waals surface area (Å²) in [5, 5.41) is 0. The molecular weight excluding hydrogens is 330 g/mol. The molecule has 0 saturated carbocycles. The molecule has 2 rings (SSSR count). The Morgan fingerprint density at radius 1 is 1.33 bits per heavy atom. The average Bonchev–Trinajstić information content (AvgIpc) is 2.71. The van der Waals surface area contributed by atoms with Gasteiger partial charge in [-0.1, -0.05) is 41.1 Å². The zero-order valence-electron chi connectivity index (χ0n) is 11.9. The number of rotatable bonds is 5. The molecule has 2 aromatic rings. The molecule has 1 heterocycles. The molecule has 5 nitrogen and oxygen atoms in total. The molecule has 0 aliphatic carbocycles. The van der Waals surface area contributed by atoms with Gasteiger partial charge in [-0.15, -0.1) is 0 Å². The Balaban J connectivity index is 2.35. The first kappa shape index (κ1) is 16.2. The van der Waals surface area contributed by atoms with E-state index in [4.69, 9.17) is 11.6 Å². The van der Waals surface area contributed by atoms with Crippen LogP contribution in [0.5, 0.6) is 0 Å². The van der Waals surface area contributed by atoms with Crippen LogP contribution in [0.2, 0.25) is 4.47 Å². The maximum Gasteiger partial charge on any atom is 0.273 e. The van der Waals surface area contributed by atoms with Crippen molar-refractivity contribution in [1.29, 1.82) is 0 Å². The second-order valence-electron chi connectivity index (χ2n) is 4.84. The lowest BCUT2D eigenvalue weighted by molar-refractivity contribution is 0.403. The Morgan fingerprint density at radius 2 is 2.00 bits per heavy atom. The van der Waals surface area contributed by atoms with Crippen molar-refractivity contribution in [3.63, 3.8) is 0 Å². The number of halogens is 1. The van der Waals surface area contributed by atoms with Gasteiger partial charge in [0.1, 0.15) is 0 Å². The molecule has 0 spiro atoms. The van der Waals surface area contributed by atoms with E-state index >= 15 is 0 Å². The average molecular weight is 346 g/mol. The summed E-state index contributed by atoms with van der Waals surface area (Å²) in [7, 11) is 0.180. The van der Waals surface area contributed by atoms with Crippen molar-refractivity contribution in [1.82, 2.24) is 9.88 Å². The first-order chi connectivity index (χ1) is 9.79. The number of para-hydroxylation sites is 1. The minimum Gasteiger partial charge on any atom is -0.305 e. The Kier molecular flexibility index (Phi) is 4.88. The summed E-state index contributed by atoms with van der Waals surface area (Å²) in [5.74, 6) is 0. The lowest BCUT2D eigenvalue weighted by atomic mass is 10.2. The minimum atomic E-state index is -3.68. The topological polar surface area (TPSA) is 62.3 Å². The molecule has 0 amide bonds. The number of sulfonamides is 1. The van der Waals surface area contributed by atoms with Crippen LogP contribution in [0.15, 0.2) is 28.5 Å². The highest BCUT2D eigenvalue weighted by atomic mass is 35.5. The quantitative estimate of drug-likeness (QED) is 0.905. The highest BCUT2D eigenvalue weighted by molar-refractivity contribution is 7.94. The lowest BCUT2D eigenvalue weighted by Gasteiger charge is -2.15. The second-order valence-corrected chi connectivity index (χ2v) is 8.30. The Hall–Kier alpha value is -1.15. The van der Waals surface area contributed by atoms with Crippen LogP contribution < -0.4 is 4.72 Å². The molecule has 114 valence electrons. The van der Waals surface area contributed by atoms with Crippen molar-refractivity contribution in [2.75, 3.05) is 18.8 Å². The first-order valence-electron chi connectivity index (χ1n) is 6.18. The van der Waals surface area contributed by atoms with Crippen LogP contribution >= 0.6 is 22.9 Å². The molecule has 0 atom stereocenters.